The monoisotopic (exact) mass is 317 g/mol. The first-order valence-electron chi connectivity index (χ1n) is 7.24. The summed E-state index contributed by atoms with van der Waals surface area (Å²) >= 11 is 3.47. The van der Waals surface area contributed by atoms with Crippen molar-refractivity contribution in [3.8, 4) is 0 Å². The molecule has 2 unspecified atom stereocenters. The lowest BCUT2D eigenvalue weighted by Crippen LogP contribution is -2.47. The van der Waals surface area contributed by atoms with E-state index in [0.29, 0.717) is 6.04 Å². The van der Waals surface area contributed by atoms with Crippen molar-refractivity contribution in [1.82, 2.24) is 4.90 Å². The van der Waals surface area contributed by atoms with Crippen molar-refractivity contribution in [2.24, 2.45) is 0 Å². The van der Waals surface area contributed by atoms with Crippen LogP contribution in [0.1, 0.15) is 51.9 Å². The second-order valence-corrected chi connectivity index (χ2v) is 6.32. The van der Waals surface area contributed by atoms with Gasteiger partial charge in [0.2, 0.25) is 0 Å². The third kappa shape index (κ3) is 3.47. The smallest absolute Gasteiger partial charge is 0.251 e. The van der Waals surface area contributed by atoms with Crippen molar-refractivity contribution in [1.29, 1.82) is 0 Å². The molecule has 1 aliphatic carbocycles. The number of carbonyl (C=O) groups excluding carboxylic acids is 1. The molecule has 1 amide bonds. The molecule has 4 heteroatoms. The van der Waals surface area contributed by atoms with Gasteiger partial charge in [0.05, 0.1) is 6.10 Å². The number of halogens is 1. The van der Waals surface area contributed by atoms with E-state index in [-0.39, 0.29) is 18.1 Å². The molecular weight excluding hydrogens is 294 g/mol. The van der Waals surface area contributed by atoms with Crippen LogP contribution in [0.4, 0.5) is 0 Å². The Kier molecular flexibility index (Phi) is 5.49. The zero-order chi connectivity index (χ0) is 13.0. The minimum absolute atomic E-state index is 0.180. The summed E-state index contributed by atoms with van der Waals surface area (Å²) in [5.41, 5.74) is 0. The molecule has 18 heavy (non-hydrogen) atoms. The van der Waals surface area contributed by atoms with Gasteiger partial charge in [-0.3, -0.25) is 4.79 Å². The number of hydrogen-bond donors (Lipinski definition) is 0. The summed E-state index contributed by atoms with van der Waals surface area (Å²) in [5.74, 6) is 0.228. The average molecular weight is 318 g/mol. The van der Waals surface area contributed by atoms with E-state index < -0.39 is 0 Å². The van der Waals surface area contributed by atoms with Gasteiger partial charge in [0.25, 0.3) is 5.91 Å². The van der Waals surface area contributed by atoms with Crippen LogP contribution in [0.3, 0.4) is 0 Å². The van der Waals surface area contributed by atoms with Crippen LogP contribution < -0.4 is 0 Å². The zero-order valence-electron chi connectivity index (χ0n) is 11.2. The van der Waals surface area contributed by atoms with Crippen LogP contribution in [0.25, 0.3) is 0 Å². The number of ether oxygens (including phenoxy) is 1. The van der Waals surface area contributed by atoms with E-state index in [1.807, 2.05) is 0 Å². The fourth-order valence-electron chi connectivity index (χ4n) is 3.13. The molecule has 1 saturated heterocycles. The van der Waals surface area contributed by atoms with Crippen molar-refractivity contribution in [2.45, 2.75) is 70.1 Å². The summed E-state index contributed by atoms with van der Waals surface area (Å²) in [5, 5.41) is 0.859. The van der Waals surface area contributed by atoms with Gasteiger partial charge in [-0.25, -0.2) is 0 Å². The highest BCUT2D eigenvalue weighted by atomic mass is 79.9. The Bertz CT molecular complexity index is 279. The molecular formula is C14H24BrNO2. The summed E-state index contributed by atoms with van der Waals surface area (Å²) in [6.45, 7) is 2.88. The van der Waals surface area contributed by atoms with Gasteiger partial charge in [0.1, 0.15) is 6.10 Å². The van der Waals surface area contributed by atoms with Crippen molar-refractivity contribution in [2.75, 3.05) is 11.9 Å². The van der Waals surface area contributed by atoms with Crippen molar-refractivity contribution < 1.29 is 9.53 Å². The largest absolute Gasteiger partial charge is 0.365 e. The molecule has 0 bridgehead atoms. The van der Waals surface area contributed by atoms with Crippen LogP contribution in [-0.2, 0) is 9.53 Å². The molecule has 0 N–H and O–H groups in total. The first kappa shape index (κ1) is 14.3. The number of rotatable bonds is 4. The summed E-state index contributed by atoms with van der Waals surface area (Å²) in [7, 11) is 0. The first-order valence-corrected chi connectivity index (χ1v) is 8.36. The van der Waals surface area contributed by atoms with Crippen LogP contribution in [0.2, 0.25) is 0 Å². The normalized spacial score (nSPS) is 29.4. The first-order chi connectivity index (χ1) is 8.72. The standard InChI is InChI=1S/C14H24BrNO2/c1-11-7-8-13(18-11)14(17)16(10-9-15)12-5-3-2-4-6-12/h11-13H,2-10H2,1H3. The number of nitrogens with zero attached hydrogens (tertiary/aromatic N) is 1. The Labute approximate surface area is 118 Å². The van der Waals surface area contributed by atoms with E-state index in [9.17, 15) is 4.79 Å². The summed E-state index contributed by atoms with van der Waals surface area (Å²) in [6, 6.07) is 0.448. The van der Waals surface area contributed by atoms with Gasteiger partial charge in [-0.05, 0) is 32.6 Å². The van der Waals surface area contributed by atoms with E-state index in [0.717, 1.165) is 24.7 Å². The molecule has 3 nitrogen and oxygen atoms in total. The summed E-state index contributed by atoms with van der Waals surface area (Å²) in [4.78, 5) is 14.6. The number of alkyl halides is 1. The van der Waals surface area contributed by atoms with E-state index in [2.05, 4.69) is 27.8 Å². The van der Waals surface area contributed by atoms with Crippen LogP contribution in [0.5, 0.6) is 0 Å². The molecule has 0 radical (unpaired) electrons. The molecule has 2 aliphatic rings. The lowest BCUT2D eigenvalue weighted by atomic mass is 9.93. The molecule has 2 rings (SSSR count). The van der Waals surface area contributed by atoms with Gasteiger partial charge >= 0.3 is 0 Å². The molecule has 1 saturated carbocycles. The van der Waals surface area contributed by atoms with Gasteiger partial charge in [-0.1, -0.05) is 35.2 Å². The molecule has 1 aliphatic heterocycles. The topological polar surface area (TPSA) is 29.5 Å². The van der Waals surface area contributed by atoms with Crippen molar-refractivity contribution in [3.05, 3.63) is 0 Å². The van der Waals surface area contributed by atoms with Crippen molar-refractivity contribution in [3.63, 3.8) is 0 Å². The Morgan fingerprint density at radius 3 is 2.50 bits per heavy atom. The van der Waals surface area contributed by atoms with E-state index in [1.165, 1.54) is 32.1 Å². The van der Waals surface area contributed by atoms with Crippen LogP contribution in [0, 0.1) is 0 Å². The fraction of sp³-hybridized carbons (Fsp3) is 0.929. The molecule has 0 spiro atoms. The molecule has 104 valence electrons. The van der Waals surface area contributed by atoms with Crippen molar-refractivity contribution >= 4 is 21.8 Å². The zero-order valence-corrected chi connectivity index (χ0v) is 12.8. The third-order valence-corrected chi connectivity index (χ3v) is 4.49. The molecule has 2 atom stereocenters. The minimum atomic E-state index is -0.180. The Balaban J connectivity index is 1.97. The minimum Gasteiger partial charge on any atom is -0.365 e. The van der Waals surface area contributed by atoms with Gasteiger partial charge in [-0.15, -0.1) is 0 Å². The number of amides is 1. The van der Waals surface area contributed by atoms with Crippen LogP contribution in [-0.4, -0.2) is 40.9 Å². The molecule has 0 aromatic heterocycles. The lowest BCUT2D eigenvalue weighted by molar-refractivity contribution is -0.145. The summed E-state index contributed by atoms with van der Waals surface area (Å²) < 4.78 is 5.73. The van der Waals surface area contributed by atoms with Gasteiger partial charge in [0, 0.05) is 17.9 Å². The predicted molar refractivity (Wildman–Crippen MR) is 75.9 cm³/mol. The number of carbonyl (C=O) groups is 1. The maximum absolute atomic E-state index is 12.6. The number of hydrogen-bond acceptors (Lipinski definition) is 2. The highest BCUT2D eigenvalue weighted by Crippen LogP contribution is 2.26. The van der Waals surface area contributed by atoms with Crippen LogP contribution >= 0.6 is 15.9 Å². The van der Waals surface area contributed by atoms with Gasteiger partial charge in [-0.2, -0.15) is 0 Å². The Hall–Kier alpha value is -0.0900. The maximum Gasteiger partial charge on any atom is 0.251 e. The predicted octanol–water partition coefficient (Wildman–Crippen LogP) is 3.11. The van der Waals surface area contributed by atoms with Gasteiger partial charge < -0.3 is 9.64 Å². The molecule has 0 aromatic rings. The second kappa shape index (κ2) is 6.90. The Morgan fingerprint density at radius 1 is 1.22 bits per heavy atom. The molecule has 1 heterocycles. The Morgan fingerprint density at radius 2 is 1.94 bits per heavy atom. The average Bonchev–Trinajstić information content (AvgIpc) is 2.83. The molecule has 2 fully saturated rings. The third-order valence-electron chi connectivity index (χ3n) is 4.13. The SMILES string of the molecule is CC1CCC(C(=O)N(CCBr)C2CCCCC2)O1. The highest BCUT2D eigenvalue weighted by molar-refractivity contribution is 9.09. The van der Waals surface area contributed by atoms with E-state index >= 15 is 0 Å². The fourth-order valence-corrected chi connectivity index (χ4v) is 3.51. The van der Waals surface area contributed by atoms with Crippen LogP contribution in [0.15, 0.2) is 0 Å². The lowest BCUT2D eigenvalue weighted by Gasteiger charge is -2.35. The maximum atomic E-state index is 12.6. The quantitative estimate of drug-likeness (QED) is 0.746. The van der Waals surface area contributed by atoms with E-state index in [1.54, 1.807) is 0 Å². The highest BCUT2D eigenvalue weighted by Gasteiger charge is 2.34. The van der Waals surface area contributed by atoms with Gasteiger partial charge in [0.15, 0.2) is 0 Å². The summed E-state index contributed by atoms with van der Waals surface area (Å²) in [6.07, 6.45) is 8.16. The molecule has 0 aromatic carbocycles. The van der Waals surface area contributed by atoms with E-state index in [4.69, 9.17) is 4.74 Å². The second-order valence-electron chi connectivity index (χ2n) is 5.53.